The number of anilines is 1. The van der Waals surface area contributed by atoms with Gasteiger partial charge in [-0.05, 0) is 30.7 Å². The Balaban J connectivity index is 2.07. The Bertz CT molecular complexity index is 981. The first-order valence-electron chi connectivity index (χ1n) is 8.08. The predicted octanol–water partition coefficient (Wildman–Crippen LogP) is 4.38. The monoisotopic (exact) mass is 351 g/mol. The summed E-state index contributed by atoms with van der Waals surface area (Å²) in [6.45, 7) is 2.07. The lowest BCUT2D eigenvalue weighted by Gasteiger charge is -2.24. The summed E-state index contributed by atoms with van der Waals surface area (Å²) < 4.78 is 1.72. The van der Waals surface area contributed by atoms with E-state index in [9.17, 15) is 9.90 Å². The van der Waals surface area contributed by atoms with Crippen LogP contribution in [0.5, 0.6) is 0 Å². The topological polar surface area (TPSA) is 81.1 Å². The van der Waals surface area contributed by atoms with Crippen molar-refractivity contribution in [1.29, 1.82) is 0 Å². The van der Waals surface area contributed by atoms with Crippen LogP contribution < -0.4 is 5.73 Å². The molecule has 25 heavy (non-hydrogen) atoms. The summed E-state index contributed by atoms with van der Waals surface area (Å²) in [5, 5.41) is 14.2. The number of nitrogen functional groups attached to an aromatic ring is 1. The van der Waals surface area contributed by atoms with E-state index >= 15 is 0 Å². The van der Waals surface area contributed by atoms with Crippen LogP contribution in [0.25, 0.3) is 16.9 Å². The average molecular weight is 351 g/mol. The van der Waals surface area contributed by atoms with E-state index in [0.29, 0.717) is 5.69 Å². The molecule has 2 heterocycles. The highest BCUT2D eigenvalue weighted by atomic mass is 32.2. The molecule has 126 valence electrons. The second kappa shape index (κ2) is 5.97. The molecule has 0 aliphatic carbocycles. The van der Waals surface area contributed by atoms with Gasteiger partial charge < -0.3 is 10.8 Å². The lowest BCUT2D eigenvalue weighted by molar-refractivity contribution is 0.0688. The zero-order chi connectivity index (χ0) is 17.6. The van der Waals surface area contributed by atoms with Crippen molar-refractivity contribution in [2.75, 3.05) is 5.73 Å². The van der Waals surface area contributed by atoms with Crippen LogP contribution in [0.15, 0.2) is 53.4 Å². The Labute approximate surface area is 149 Å². The van der Waals surface area contributed by atoms with Crippen molar-refractivity contribution in [3.63, 3.8) is 0 Å². The minimum atomic E-state index is -1.00. The third-order valence-corrected chi connectivity index (χ3v) is 5.81. The van der Waals surface area contributed by atoms with E-state index in [2.05, 4.69) is 18.1 Å². The lowest BCUT2D eigenvalue weighted by atomic mass is 10.00. The van der Waals surface area contributed by atoms with Gasteiger partial charge in [0, 0.05) is 27.0 Å². The van der Waals surface area contributed by atoms with E-state index in [1.165, 1.54) is 0 Å². The van der Waals surface area contributed by atoms with Crippen LogP contribution in [-0.4, -0.2) is 20.9 Å². The highest BCUT2D eigenvalue weighted by Crippen LogP contribution is 2.51. The molecule has 0 saturated heterocycles. The summed E-state index contributed by atoms with van der Waals surface area (Å²) in [5.74, 6) is -1.00. The van der Waals surface area contributed by atoms with Gasteiger partial charge in [0.25, 0.3) is 0 Å². The number of carbonyl (C=O) groups is 1. The smallest absolute Gasteiger partial charge is 0.356 e. The molecule has 0 amide bonds. The normalized spacial score (nSPS) is 15.5. The highest BCUT2D eigenvalue weighted by Gasteiger charge is 2.34. The van der Waals surface area contributed by atoms with Gasteiger partial charge >= 0.3 is 5.97 Å². The standard InChI is InChI=1S/C19H17N3O2S/c1-2-14-16-17(19(23)24)21-22(12-7-5-6-11(20)10-12)18(16)13-8-3-4-9-15(13)25-14/h3-10,14H,2,20H2,1H3,(H,23,24). The number of hydrogen-bond donors (Lipinski definition) is 2. The van der Waals surface area contributed by atoms with Gasteiger partial charge in [0.05, 0.1) is 11.4 Å². The first-order chi connectivity index (χ1) is 12.1. The van der Waals surface area contributed by atoms with E-state index < -0.39 is 5.97 Å². The zero-order valence-corrected chi connectivity index (χ0v) is 14.5. The maximum absolute atomic E-state index is 11.8. The van der Waals surface area contributed by atoms with E-state index in [1.54, 1.807) is 22.5 Å². The summed E-state index contributed by atoms with van der Waals surface area (Å²) in [4.78, 5) is 13.0. The maximum atomic E-state index is 11.8. The fourth-order valence-corrected chi connectivity index (χ4v) is 4.52. The number of carboxylic acid groups (broad SMARTS) is 1. The van der Waals surface area contributed by atoms with Crippen LogP contribution >= 0.6 is 11.8 Å². The molecule has 6 heteroatoms. The van der Waals surface area contributed by atoms with Crippen LogP contribution in [0.2, 0.25) is 0 Å². The highest BCUT2D eigenvalue weighted by molar-refractivity contribution is 7.99. The fourth-order valence-electron chi connectivity index (χ4n) is 3.26. The molecule has 0 saturated carbocycles. The summed E-state index contributed by atoms with van der Waals surface area (Å²) >= 11 is 1.70. The van der Waals surface area contributed by atoms with Gasteiger partial charge in [-0.1, -0.05) is 31.2 Å². The number of hydrogen-bond acceptors (Lipinski definition) is 4. The minimum absolute atomic E-state index is 0.0609. The summed E-state index contributed by atoms with van der Waals surface area (Å²) in [6, 6.07) is 15.4. The number of fused-ring (bicyclic) bond motifs is 3. The molecule has 0 bridgehead atoms. The molecule has 0 spiro atoms. The second-order valence-electron chi connectivity index (χ2n) is 5.93. The molecule has 3 N–H and O–H groups in total. The number of aromatic nitrogens is 2. The summed E-state index contributed by atoms with van der Waals surface area (Å²) in [5.41, 5.74) is 10.1. The molecule has 1 aliphatic rings. The Kier molecular flexibility index (Phi) is 3.77. The molecule has 0 fully saturated rings. The van der Waals surface area contributed by atoms with Crippen molar-refractivity contribution >= 4 is 23.4 Å². The first kappa shape index (κ1) is 15.8. The number of nitrogens with two attached hydrogens (primary N) is 1. The van der Waals surface area contributed by atoms with Gasteiger partial charge in [0.2, 0.25) is 0 Å². The van der Waals surface area contributed by atoms with Gasteiger partial charge in [0.1, 0.15) is 0 Å². The molecule has 5 nitrogen and oxygen atoms in total. The third kappa shape index (κ3) is 2.49. The van der Waals surface area contributed by atoms with E-state index in [0.717, 1.165) is 33.8 Å². The predicted molar refractivity (Wildman–Crippen MR) is 99.3 cm³/mol. The second-order valence-corrected chi connectivity index (χ2v) is 7.18. The van der Waals surface area contributed by atoms with Crippen LogP contribution in [0.4, 0.5) is 5.69 Å². The van der Waals surface area contributed by atoms with Crippen LogP contribution in [0.3, 0.4) is 0 Å². The number of aromatic carboxylic acids is 1. The van der Waals surface area contributed by atoms with Crippen molar-refractivity contribution < 1.29 is 9.90 Å². The molecule has 2 aromatic carbocycles. The molecule has 1 atom stereocenters. The number of rotatable bonds is 3. The third-order valence-electron chi connectivity index (χ3n) is 4.34. The summed E-state index contributed by atoms with van der Waals surface area (Å²) in [6.07, 6.45) is 0.828. The Hall–Kier alpha value is -2.73. The molecule has 1 aromatic heterocycles. The lowest BCUT2D eigenvalue weighted by Crippen LogP contribution is -2.08. The van der Waals surface area contributed by atoms with Gasteiger partial charge in [-0.2, -0.15) is 5.10 Å². The quantitative estimate of drug-likeness (QED) is 0.685. The molecule has 1 unspecified atom stereocenters. The Morgan fingerprint density at radius 3 is 2.80 bits per heavy atom. The van der Waals surface area contributed by atoms with E-state index in [-0.39, 0.29) is 10.9 Å². The molecule has 3 aromatic rings. The minimum Gasteiger partial charge on any atom is -0.476 e. The zero-order valence-electron chi connectivity index (χ0n) is 13.6. The number of benzene rings is 2. The fraction of sp³-hybridized carbons (Fsp3) is 0.158. The number of thioether (sulfide) groups is 1. The van der Waals surface area contributed by atoms with Gasteiger partial charge in [-0.25, -0.2) is 9.48 Å². The van der Waals surface area contributed by atoms with Crippen molar-refractivity contribution in [3.8, 4) is 16.9 Å². The van der Waals surface area contributed by atoms with Gasteiger partial charge in [-0.15, -0.1) is 11.8 Å². The molecule has 0 radical (unpaired) electrons. The molecular weight excluding hydrogens is 334 g/mol. The van der Waals surface area contributed by atoms with E-state index in [1.807, 2.05) is 36.4 Å². The van der Waals surface area contributed by atoms with Crippen LogP contribution in [0, 0.1) is 0 Å². The van der Waals surface area contributed by atoms with Gasteiger partial charge in [-0.3, -0.25) is 0 Å². The largest absolute Gasteiger partial charge is 0.476 e. The van der Waals surface area contributed by atoms with Gasteiger partial charge in [0.15, 0.2) is 5.69 Å². The van der Waals surface area contributed by atoms with Crippen molar-refractivity contribution in [3.05, 3.63) is 59.8 Å². The molecule has 4 rings (SSSR count). The SMILES string of the molecule is CCC1Sc2ccccc2-c2c1c(C(=O)O)nn2-c1cccc(N)c1. The molecular formula is C19H17N3O2S. The average Bonchev–Trinajstić information content (AvgIpc) is 3.02. The van der Waals surface area contributed by atoms with Crippen molar-refractivity contribution in [1.82, 2.24) is 9.78 Å². The van der Waals surface area contributed by atoms with Crippen molar-refractivity contribution in [2.24, 2.45) is 0 Å². The van der Waals surface area contributed by atoms with Crippen LogP contribution in [-0.2, 0) is 0 Å². The van der Waals surface area contributed by atoms with E-state index in [4.69, 9.17) is 5.73 Å². The summed E-state index contributed by atoms with van der Waals surface area (Å²) in [7, 11) is 0. The van der Waals surface area contributed by atoms with Crippen LogP contribution in [0.1, 0.15) is 34.6 Å². The molecule has 1 aliphatic heterocycles. The van der Waals surface area contributed by atoms with Crippen molar-refractivity contribution in [2.45, 2.75) is 23.5 Å². The maximum Gasteiger partial charge on any atom is 0.356 e. The number of carboxylic acids is 1. The first-order valence-corrected chi connectivity index (χ1v) is 8.96. The number of nitrogens with zero attached hydrogens (tertiary/aromatic N) is 2. The Morgan fingerprint density at radius 1 is 1.28 bits per heavy atom. The Morgan fingerprint density at radius 2 is 2.08 bits per heavy atom.